The van der Waals surface area contributed by atoms with E-state index in [9.17, 15) is 13.2 Å². The molecule has 1 fully saturated rings. The Balaban J connectivity index is 2.38. The lowest BCUT2D eigenvalue weighted by Gasteiger charge is -2.32. The van der Waals surface area contributed by atoms with Crippen molar-refractivity contribution in [1.82, 2.24) is 0 Å². The summed E-state index contributed by atoms with van der Waals surface area (Å²) in [7, 11) is -0.981. The Bertz CT molecular complexity index is 530. The maximum absolute atomic E-state index is 12.5. The van der Waals surface area contributed by atoms with Crippen LogP contribution in [0.4, 0.5) is 13.2 Å². The third-order valence-electron chi connectivity index (χ3n) is 3.70. The van der Waals surface area contributed by atoms with Crippen LogP contribution in [0.2, 0.25) is 5.02 Å². The van der Waals surface area contributed by atoms with E-state index in [0.29, 0.717) is 0 Å². The minimum absolute atomic E-state index is 0.110. The van der Waals surface area contributed by atoms with Gasteiger partial charge < -0.3 is 14.0 Å². The number of rotatable bonds is 2. The topological polar surface area (TPSA) is 27.7 Å². The molecule has 1 aromatic rings. The zero-order valence-corrected chi connectivity index (χ0v) is 12.8. The maximum atomic E-state index is 12.5. The second kappa shape index (κ2) is 5.07. The molecular formula is C13H15BClF3O3. The summed E-state index contributed by atoms with van der Waals surface area (Å²) in [4.78, 5) is 0. The van der Waals surface area contributed by atoms with Crippen molar-refractivity contribution in [3.05, 3.63) is 23.2 Å². The summed E-state index contributed by atoms with van der Waals surface area (Å²) < 4.78 is 52.9. The van der Waals surface area contributed by atoms with Gasteiger partial charge in [-0.25, -0.2) is 0 Å². The number of ether oxygens (including phenoxy) is 1. The zero-order valence-electron chi connectivity index (χ0n) is 12.0. The maximum Gasteiger partial charge on any atom is 0.573 e. The molecule has 0 N–H and O–H groups in total. The molecule has 0 bridgehead atoms. The molecule has 1 aromatic carbocycles. The van der Waals surface area contributed by atoms with Crippen LogP contribution in [0.1, 0.15) is 27.7 Å². The first kappa shape index (κ1) is 16.5. The highest BCUT2D eigenvalue weighted by atomic mass is 35.5. The SMILES string of the molecule is CC1(C)OB(c2cc(Cl)ccc2OC(F)(F)F)OC1(C)C. The highest BCUT2D eigenvalue weighted by molar-refractivity contribution is 6.63. The first-order chi connectivity index (χ1) is 9.41. The molecule has 21 heavy (non-hydrogen) atoms. The average molecular weight is 323 g/mol. The smallest absolute Gasteiger partial charge is 0.406 e. The zero-order chi connectivity index (χ0) is 16.1. The average Bonchev–Trinajstić information content (AvgIpc) is 2.49. The fraction of sp³-hybridized carbons (Fsp3) is 0.538. The van der Waals surface area contributed by atoms with Crippen molar-refractivity contribution in [2.45, 2.75) is 45.3 Å². The monoisotopic (exact) mass is 322 g/mol. The van der Waals surface area contributed by atoms with Gasteiger partial charge in [0.1, 0.15) is 5.75 Å². The lowest BCUT2D eigenvalue weighted by Crippen LogP contribution is -2.41. The predicted molar refractivity (Wildman–Crippen MR) is 73.9 cm³/mol. The predicted octanol–water partition coefficient (Wildman–Crippen LogP) is 3.54. The van der Waals surface area contributed by atoms with E-state index in [1.165, 1.54) is 12.1 Å². The summed E-state index contributed by atoms with van der Waals surface area (Å²) in [5, 5.41) is 0.272. The van der Waals surface area contributed by atoms with Crippen molar-refractivity contribution >= 4 is 24.2 Å². The lowest BCUT2D eigenvalue weighted by molar-refractivity contribution is -0.274. The van der Waals surface area contributed by atoms with Crippen LogP contribution in [0.3, 0.4) is 0 Å². The highest BCUT2D eigenvalue weighted by Gasteiger charge is 2.53. The van der Waals surface area contributed by atoms with E-state index in [-0.39, 0.29) is 16.2 Å². The van der Waals surface area contributed by atoms with Gasteiger partial charge in [-0.15, -0.1) is 13.2 Å². The van der Waals surface area contributed by atoms with Gasteiger partial charge >= 0.3 is 13.5 Å². The lowest BCUT2D eigenvalue weighted by atomic mass is 9.78. The van der Waals surface area contributed by atoms with E-state index in [1.807, 2.05) is 27.7 Å². The number of benzene rings is 1. The number of hydrogen-bond donors (Lipinski definition) is 0. The van der Waals surface area contributed by atoms with E-state index in [4.69, 9.17) is 20.9 Å². The minimum Gasteiger partial charge on any atom is -0.406 e. The summed E-state index contributed by atoms with van der Waals surface area (Å²) in [6.07, 6.45) is -4.80. The summed E-state index contributed by atoms with van der Waals surface area (Å²) in [5.41, 5.74) is -1.23. The third-order valence-corrected chi connectivity index (χ3v) is 3.94. The van der Waals surface area contributed by atoms with Gasteiger partial charge in [0.05, 0.1) is 11.2 Å². The molecule has 0 spiro atoms. The van der Waals surface area contributed by atoms with Gasteiger partial charge in [-0.2, -0.15) is 0 Å². The summed E-state index contributed by atoms with van der Waals surface area (Å²) in [5.74, 6) is -0.384. The molecule has 1 saturated heterocycles. The van der Waals surface area contributed by atoms with Crippen LogP contribution in [0.5, 0.6) is 5.75 Å². The van der Waals surface area contributed by atoms with Crippen molar-refractivity contribution in [1.29, 1.82) is 0 Å². The van der Waals surface area contributed by atoms with Gasteiger partial charge in [0, 0.05) is 10.5 Å². The summed E-state index contributed by atoms with van der Waals surface area (Å²) in [6, 6.07) is 3.82. The third kappa shape index (κ3) is 3.47. The van der Waals surface area contributed by atoms with Crippen LogP contribution in [-0.4, -0.2) is 24.7 Å². The molecule has 0 unspecified atom stereocenters. The summed E-state index contributed by atoms with van der Waals surface area (Å²) >= 11 is 5.86. The van der Waals surface area contributed by atoms with Crippen LogP contribution < -0.4 is 10.2 Å². The Hall–Kier alpha value is -0.915. The highest BCUT2D eigenvalue weighted by Crippen LogP contribution is 2.37. The van der Waals surface area contributed by atoms with Crippen LogP contribution in [0.25, 0.3) is 0 Å². The summed E-state index contributed by atoms with van der Waals surface area (Å²) in [6.45, 7) is 7.23. The Morgan fingerprint density at radius 1 is 1.10 bits per heavy atom. The molecule has 1 aliphatic heterocycles. The first-order valence-electron chi connectivity index (χ1n) is 6.32. The number of alkyl halides is 3. The molecule has 3 nitrogen and oxygen atoms in total. The van der Waals surface area contributed by atoms with Crippen molar-refractivity contribution in [2.24, 2.45) is 0 Å². The molecule has 2 rings (SSSR count). The van der Waals surface area contributed by atoms with Crippen LogP contribution >= 0.6 is 11.6 Å². The van der Waals surface area contributed by atoms with Gasteiger partial charge in [0.25, 0.3) is 0 Å². The van der Waals surface area contributed by atoms with E-state index >= 15 is 0 Å². The number of hydrogen-bond acceptors (Lipinski definition) is 3. The molecule has 1 aliphatic rings. The van der Waals surface area contributed by atoms with Crippen LogP contribution in [0.15, 0.2) is 18.2 Å². The van der Waals surface area contributed by atoms with Gasteiger partial charge in [-0.1, -0.05) is 11.6 Å². The quantitative estimate of drug-likeness (QED) is 0.780. The molecule has 116 valence electrons. The second-order valence-corrected chi connectivity index (χ2v) is 6.25. The molecule has 0 aliphatic carbocycles. The van der Waals surface area contributed by atoms with Crippen molar-refractivity contribution in [2.75, 3.05) is 0 Å². The van der Waals surface area contributed by atoms with Gasteiger partial charge in [-0.3, -0.25) is 0 Å². The first-order valence-corrected chi connectivity index (χ1v) is 6.70. The van der Waals surface area contributed by atoms with Crippen molar-refractivity contribution < 1.29 is 27.2 Å². The fourth-order valence-electron chi connectivity index (χ4n) is 1.89. The van der Waals surface area contributed by atoms with E-state index in [2.05, 4.69) is 4.74 Å². The van der Waals surface area contributed by atoms with Crippen LogP contribution in [0, 0.1) is 0 Å². The standard InChI is InChI=1S/C13H15BClF3O3/c1-11(2)12(3,4)21-14(20-11)9-7-8(15)5-6-10(9)19-13(16,17)18/h5-7H,1-4H3. The molecule has 0 radical (unpaired) electrons. The van der Waals surface area contributed by atoms with E-state index in [1.54, 1.807) is 0 Å². The van der Waals surface area contributed by atoms with Crippen molar-refractivity contribution in [3.8, 4) is 5.75 Å². The van der Waals surface area contributed by atoms with Gasteiger partial charge in [0.15, 0.2) is 0 Å². The van der Waals surface area contributed by atoms with E-state index < -0.39 is 24.7 Å². The molecule has 0 amide bonds. The minimum atomic E-state index is -4.80. The normalized spacial score (nSPS) is 20.7. The van der Waals surface area contributed by atoms with Crippen LogP contribution in [-0.2, 0) is 9.31 Å². The molecule has 8 heteroatoms. The molecule has 0 atom stereocenters. The Kier molecular flexibility index (Phi) is 3.97. The van der Waals surface area contributed by atoms with Gasteiger partial charge in [-0.05, 0) is 45.9 Å². The molecule has 0 aromatic heterocycles. The Labute approximate surface area is 126 Å². The second-order valence-electron chi connectivity index (χ2n) is 5.82. The number of halogens is 4. The van der Waals surface area contributed by atoms with E-state index in [0.717, 1.165) is 6.07 Å². The largest absolute Gasteiger partial charge is 0.573 e. The Morgan fingerprint density at radius 2 is 1.62 bits per heavy atom. The Morgan fingerprint density at radius 3 is 2.10 bits per heavy atom. The molecular weight excluding hydrogens is 307 g/mol. The fourth-order valence-corrected chi connectivity index (χ4v) is 2.07. The molecule has 1 heterocycles. The van der Waals surface area contributed by atoms with Gasteiger partial charge in [0.2, 0.25) is 0 Å². The van der Waals surface area contributed by atoms with Crippen molar-refractivity contribution in [3.63, 3.8) is 0 Å². The molecule has 0 saturated carbocycles.